The number of fused-ring (bicyclic) bond motifs is 1. The van der Waals surface area contributed by atoms with Crippen molar-refractivity contribution in [1.29, 1.82) is 0 Å². The molecule has 0 saturated carbocycles. The summed E-state index contributed by atoms with van der Waals surface area (Å²) < 4.78 is 7.94. The Morgan fingerprint density at radius 1 is 1.18 bits per heavy atom. The van der Waals surface area contributed by atoms with Gasteiger partial charge in [-0.1, -0.05) is 46.3 Å². The van der Waals surface area contributed by atoms with Crippen molar-refractivity contribution in [2.24, 2.45) is 0 Å². The Morgan fingerprint density at radius 3 is 2.70 bits per heavy atom. The van der Waals surface area contributed by atoms with Gasteiger partial charge in [0.2, 0.25) is 0 Å². The summed E-state index contributed by atoms with van der Waals surface area (Å²) in [5.41, 5.74) is 2.82. The van der Waals surface area contributed by atoms with Crippen molar-refractivity contribution in [3.63, 3.8) is 0 Å². The number of carbonyl (C=O) groups is 2. The molecule has 0 aliphatic carbocycles. The Kier molecular flexibility index (Phi) is 6.80. The van der Waals surface area contributed by atoms with Crippen molar-refractivity contribution in [1.82, 2.24) is 14.7 Å². The van der Waals surface area contributed by atoms with E-state index in [1.807, 2.05) is 34.0 Å². The smallest absolute Gasteiger partial charge is 0.311 e. The van der Waals surface area contributed by atoms with Crippen LogP contribution in [0.15, 0.2) is 64.6 Å². The van der Waals surface area contributed by atoms with E-state index in [-0.39, 0.29) is 24.2 Å². The Hall–Kier alpha value is -3.57. The molecule has 0 saturated heterocycles. The van der Waals surface area contributed by atoms with Gasteiger partial charge >= 0.3 is 5.97 Å². The molecule has 4 aromatic rings. The zero-order chi connectivity index (χ0) is 23.4. The number of esters is 1. The monoisotopic (exact) mass is 528 g/mol. The number of nitrogens with zero attached hydrogens (tertiary/aromatic N) is 3. The number of aromatic nitrogens is 2. The number of nitro benzene ring substituents is 1. The number of hydrogen-bond donors (Lipinski definition) is 1. The van der Waals surface area contributed by atoms with Crippen LogP contribution >= 0.6 is 27.3 Å². The van der Waals surface area contributed by atoms with Gasteiger partial charge in [-0.05, 0) is 17.7 Å². The molecule has 0 bridgehead atoms. The summed E-state index contributed by atoms with van der Waals surface area (Å²) in [6.07, 6.45) is 1.40. The van der Waals surface area contributed by atoms with Gasteiger partial charge in [0.15, 0.2) is 11.6 Å². The van der Waals surface area contributed by atoms with E-state index in [2.05, 4.69) is 26.2 Å². The molecule has 0 aliphatic heterocycles. The van der Waals surface area contributed by atoms with Gasteiger partial charge in [0.1, 0.15) is 0 Å². The number of hydrogen-bond acceptors (Lipinski definition) is 7. The normalized spacial score (nSPS) is 10.8. The van der Waals surface area contributed by atoms with E-state index in [1.165, 1.54) is 29.5 Å². The van der Waals surface area contributed by atoms with Gasteiger partial charge in [-0.15, -0.1) is 11.3 Å². The minimum Gasteiger partial charge on any atom is -0.455 e. The molecule has 33 heavy (non-hydrogen) atoms. The summed E-state index contributed by atoms with van der Waals surface area (Å²) in [7, 11) is 0. The molecule has 4 rings (SSSR count). The quantitative estimate of drug-likeness (QED) is 0.209. The second-order valence-electron chi connectivity index (χ2n) is 7.00. The summed E-state index contributed by atoms with van der Waals surface area (Å²) in [4.78, 5) is 39.9. The number of nitro groups is 1. The number of halogens is 1. The molecule has 11 heteroatoms. The molecule has 2 heterocycles. The van der Waals surface area contributed by atoms with Crippen molar-refractivity contribution in [3.05, 3.63) is 86.0 Å². The summed E-state index contributed by atoms with van der Waals surface area (Å²) in [5.74, 6) is -1.21. The maximum Gasteiger partial charge on any atom is 0.311 e. The number of amides is 1. The highest BCUT2D eigenvalue weighted by atomic mass is 79.9. The second-order valence-corrected chi connectivity index (χ2v) is 8.75. The van der Waals surface area contributed by atoms with E-state index in [4.69, 9.17) is 4.74 Å². The highest BCUT2D eigenvalue weighted by Gasteiger charge is 2.17. The molecule has 1 N–H and O–H groups in total. The third-order valence-corrected chi connectivity index (χ3v) is 6.18. The van der Waals surface area contributed by atoms with Crippen LogP contribution in [0, 0.1) is 10.1 Å². The number of thiazole rings is 1. The summed E-state index contributed by atoms with van der Waals surface area (Å²) >= 11 is 4.93. The lowest BCUT2D eigenvalue weighted by Gasteiger charge is -2.08. The van der Waals surface area contributed by atoms with E-state index in [0.717, 1.165) is 26.4 Å². The number of carbonyl (C=O) groups excluding carboxylic acids is 2. The topological polar surface area (TPSA) is 116 Å². The molecule has 2 aromatic carbocycles. The molecule has 168 valence electrons. The van der Waals surface area contributed by atoms with Crippen molar-refractivity contribution in [2.75, 3.05) is 6.61 Å². The first-order valence-electron chi connectivity index (χ1n) is 9.77. The molecule has 0 unspecified atom stereocenters. The van der Waals surface area contributed by atoms with E-state index in [0.29, 0.717) is 0 Å². The van der Waals surface area contributed by atoms with Gasteiger partial charge in [-0.25, -0.2) is 4.98 Å². The highest BCUT2D eigenvalue weighted by molar-refractivity contribution is 9.10. The maximum atomic E-state index is 12.2. The fourth-order valence-corrected chi connectivity index (χ4v) is 4.40. The first-order chi connectivity index (χ1) is 15.9. The standard InChI is InChI=1S/C22H17BrN4O5S/c23-16-7-5-14(6-8-16)19-13-33-22-25-11-17(26(19)22)10-24-20(28)12-32-21(29)9-15-3-1-2-4-18(15)27(30)31/h1-8,11,13H,9-10,12H2,(H,24,28). The Bertz CT molecular complexity index is 1330. The Balaban J connectivity index is 1.35. The van der Waals surface area contributed by atoms with Gasteiger partial charge in [-0.2, -0.15) is 0 Å². The van der Waals surface area contributed by atoms with Crippen molar-refractivity contribution < 1.29 is 19.2 Å². The number of benzene rings is 2. The van der Waals surface area contributed by atoms with Crippen molar-refractivity contribution in [2.45, 2.75) is 13.0 Å². The van der Waals surface area contributed by atoms with Crippen LogP contribution in [0.5, 0.6) is 0 Å². The molecular formula is C22H17BrN4O5S. The first-order valence-corrected chi connectivity index (χ1v) is 11.4. The van der Waals surface area contributed by atoms with Crippen LogP contribution in [-0.4, -0.2) is 32.8 Å². The average Bonchev–Trinajstić information content (AvgIpc) is 3.40. The van der Waals surface area contributed by atoms with E-state index < -0.39 is 23.4 Å². The van der Waals surface area contributed by atoms with Gasteiger partial charge in [0.25, 0.3) is 11.6 Å². The highest BCUT2D eigenvalue weighted by Crippen LogP contribution is 2.28. The molecule has 0 atom stereocenters. The van der Waals surface area contributed by atoms with E-state index in [1.54, 1.807) is 12.3 Å². The fraction of sp³-hybridized carbons (Fsp3) is 0.136. The lowest BCUT2D eigenvalue weighted by atomic mass is 10.1. The van der Waals surface area contributed by atoms with Crippen molar-refractivity contribution >= 4 is 49.8 Å². The molecule has 0 aliphatic rings. The molecule has 0 spiro atoms. The number of para-hydroxylation sites is 1. The fourth-order valence-electron chi connectivity index (χ4n) is 3.24. The van der Waals surface area contributed by atoms with Gasteiger partial charge in [-0.3, -0.25) is 24.1 Å². The zero-order valence-corrected chi connectivity index (χ0v) is 19.5. The lowest BCUT2D eigenvalue weighted by molar-refractivity contribution is -0.385. The van der Waals surface area contributed by atoms with Crippen LogP contribution in [0.25, 0.3) is 16.2 Å². The largest absolute Gasteiger partial charge is 0.455 e. The Morgan fingerprint density at radius 2 is 1.94 bits per heavy atom. The molecule has 1 amide bonds. The van der Waals surface area contributed by atoms with Crippen LogP contribution in [0.2, 0.25) is 0 Å². The van der Waals surface area contributed by atoms with Crippen LogP contribution in [-0.2, 0) is 27.3 Å². The van der Waals surface area contributed by atoms with E-state index in [9.17, 15) is 19.7 Å². The minimum absolute atomic E-state index is 0.166. The third-order valence-electron chi connectivity index (χ3n) is 4.81. The summed E-state index contributed by atoms with van der Waals surface area (Å²) in [5, 5.41) is 15.8. The number of rotatable bonds is 8. The first kappa shape index (κ1) is 22.6. The minimum atomic E-state index is -0.721. The molecule has 9 nitrogen and oxygen atoms in total. The number of imidazole rings is 1. The van der Waals surface area contributed by atoms with Crippen LogP contribution in [0.4, 0.5) is 5.69 Å². The van der Waals surface area contributed by atoms with Gasteiger partial charge in [0.05, 0.1) is 35.5 Å². The maximum absolute atomic E-state index is 12.2. The average molecular weight is 529 g/mol. The molecule has 2 aromatic heterocycles. The second kappa shape index (κ2) is 9.92. The number of ether oxygens (including phenoxy) is 1. The SMILES string of the molecule is O=C(COC(=O)Cc1ccccc1[N+](=O)[O-])NCc1cnc2scc(-c3ccc(Br)cc3)n12. The summed E-state index contributed by atoms with van der Waals surface area (Å²) in [6, 6.07) is 13.8. The van der Waals surface area contributed by atoms with Crippen molar-refractivity contribution in [3.8, 4) is 11.3 Å². The molecule has 0 radical (unpaired) electrons. The summed E-state index contributed by atoms with van der Waals surface area (Å²) in [6.45, 7) is -0.285. The van der Waals surface area contributed by atoms with Gasteiger partial charge < -0.3 is 10.1 Å². The van der Waals surface area contributed by atoms with Crippen LogP contribution < -0.4 is 5.32 Å². The molecule has 0 fully saturated rings. The number of nitrogens with one attached hydrogen (secondary N) is 1. The predicted molar refractivity (Wildman–Crippen MR) is 126 cm³/mol. The lowest BCUT2D eigenvalue weighted by Crippen LogP contribution is -2.29. The van der Waals surface area contributed by atoms with Crippen LogP contribution in [0.3, 0.4) is 0 Å². The molecular weight excluding hydrogens is 512 g/mol. The van der Waals surface area contributed by atoms with E-state index >= 15 is 0 Å². The Labute approximate surface area is 200 Å². The van der Waals surface area contributed by atoms with Crippen LogP contribution in [0.1, 0.15) is 11.3 Å². The predicted octanol–water partition coefficient (Wildman–Crippen LogP) is 4.14. The van der Waals surface area contributed by atoms with Gasteiger partial charge in [0, 0.05) is 21.5 Å². The third kappa shape index (κ3) is 5.26. The zero-order valence-electron chi connectivity index (χ0n) is 17.1.